The first-order chi connectivity index (χ1) is 7.06. The summed E-state index contributed by atoms with van der Waals surface area (Å²) in [6, 6.07) is 1.09. The van der Waals surface area contributed by atoms with Gasteiger partial charge in [0.2, 0.25) is 5.95 Å². The molecular formula is C10H11F2NO2. The maximum atomic E-state index is 13.1. The van der Waals surface area contributed by atoms with Gasteiger partial charge in [0.05, 0.1) is 6.10 Å². The van der Waals surface area contributed by atoms with Crippen LogP contribution in [-0.2, 0) is 4.74 Å². The summed E-state index contributed by atoms with van der Waals surface area (Å²) in [5, 5.41) is 0. The van der Waals surface area contributed by atoms with Crippen LogP contribution in [0.4, 0.5) is 8.78 Å². The fourth-order valence-corrected chi connectivity index (χ4v) is 0.905. The van der Waals surface area contributed by atoms with Gasteiger partial charge in [0.15, 0.2) is 5.82 Å². The summed E-state index contributed by atoms with van der Waals surface area (Å²) in [7, 11) is 0. The third kappa shape index (κ3) is 2.71. The van der Waals surface area contributed by atoms with Gasteiger partial charge in [0.25, 0.3) is 0 Å². The van der Waals surface area contributed by atoms with Crippen molar-refractivity contribution < 1.29 is 18.3 Å². The maximum absolute atomic E-state index is 13.1. The molecule has 1 aromatic heterocycles. The molecule has 3 nitrogen and oxygen atoms in total. The largest absolute Gasteiger partial charge is 0.459 e. The number of esters is 1. The molecule has 1 atom stereocenters. The second-order valence-corrected chi connectivity index (χ2v) is 3.09. The number of hydrogen-bond acceptors (Lipinski definition) is 3. The highest BCUT2D eigenvalue weighted by Gasteiger charge is 2.18. The first-order valence-corrected chi connectivity index (χ1v) is 4.57. The molecule has 0 saturated carbocycles. The van der Waals surface area contributed by atoms with Crippen molar-refractivity contribution in [1.29, 1.82) is 0 Å². The van der Waals surface area contributed by atoms with Crippen LogP contribution in [0.15, 0.2) is 12.3 Å². The average Bonchev–Trinajstić information content (AvgIpc) is 2.21. The van der Waals surface area contributed by atoms with E-state index in [1.807, 2.05) is 6.92 Å². The Balaban J connectivity index is 2.87. The molecular weight excluding hydrogens is 204 g/mol. The Kier molecular flexibility index (Phi) is 3.71. The van der Waals surface area contributed by atoms with Crippen molar-refractivity contribution in [2.75, 3.05) is 0 Å². The van der Waals surface area contributed by atoms with Crippen molar-refractivity contribution >= 4 is 5.97 Å². The first kappa shape index (κ1) is 11.6. The van der Waals surface area contributed by atoms with Crippen LogP contribution in [0.5, 0.6) is 0 Å². The van der Waals surface area contributed by atoms with Crippen LogP contribution in [0, 0.1) is 11.8 Å². The van der Waals surface area contributed by atoms with Gasteiger partial charge in [0, 0.05) is 6.20 Å². The Morgan fingerprint density at radius 1 is 1.60 bits per heavy atom. The van der Waals surface area contributed by atoms with E-state index in [1.165, 1.54) is 0 Å². The molecule has 0 bridgehead atoms. The molecule has 1 rings (SSSR count). The van der Waals surface area contributed by atoms with Gasteiger partial charge < -0.3 is 4.74 Å². The van der Waals surface area contributed by atoms with Crippen molar-refractivity contribution in [3.63, 3.8) is 0 Å². The molecule has 1 heterocycles. The van der Waals surface area contributed by atoms with E-state index in [0.29, 0.717) is 6.42 Å². The quantitative estimate of drug-likeness (QED) is 0.573. The van der Waals surface area contributed by atoms with Gasteiger partial charge in [-0.3, -0.25) is 0 Å². The van der Waals surface area contributed by atoms with E-state index in [-0.39, 0.29) is 6.10 Å². The number of carbonyl (C=O) groups is 1. The van der Waals surface area contributed by atoms with Crippen LogP contribution >= 0.6 is 0 Å². The highest BCUT2D eigenvalue weighted by molar-refractivity contribution is 5.89. The van der Waals surface area contributed by atoms with Gasteiger partial charge in [-0.2, -0.15) is 4.39 Å². The average molecular weight is 215 g/mol. The fourth-order valence-electron chi connectivity index (χ4n) is 0.905. The smallest absolute Gasteiger partial charge is 0.341 e. The van der Waals surface area contributed by atoms with Gasteiger partial charge in [-0.1, -0.05) is 6.92 Å². The van der Waals surface area contributed by atoms with Crippen LogP contribution in [-0.4, -0.2) is 17.1 Å². The zero-order valence-corrected chi connectivity index (χ0v) is 8.46. The molecule has 1 unspecified atom stereocenters. The number of aromatic nitrogens is 1. The summed E-state index contributed by atoms with van der Waals surface area (Å²) < 4.78 is 30.6. The molecule has 0 spiro atoms. The lowest BCUT2D eigenvalue weighted by molar-refractivity contribution is 0.0327. The predicted octanol–water partition coefficient (Wildman–Crippen LogP) is 2.32. The Bertz CT molecular complexity index is 368. The van der Waals surface area contributed by atoms with E-state index in [1.54, 1.807) is 6.92 Å². The van der Waals surface area contributed by atoms with E-state index in [0.717, 1.165) is 12.3 Å². The first-order valence-electron chi connectivity index (χ1n) is 4.57. The molecule has 0 saturated heterocycles. The van der Waals surface area contributed by atoms with Crippen LogP contribution in [0.1, 0.15) is 30.6 Å². The zero-order chi connectivity index (χ0) is 11.4. The molecule has 0 N–H and O–H groups in total. The topological polar surface area (TPSA) is 39.2 Å². The van der Waals surface area contributed by atoms with E-state index in [9.17, 15) is 13.6 Å². The lowest BCUT2D eigenvalue weighted by Gasteiger charge is -2.10. The third-order valence-electron chi connectivity index (χ3n) is 1.95. The van der Waals surface area contributed by atoms with E-state index < -0.39 is 23.3 Å². The molecule has 0 aliphatic rings. The Morgan fingerprint density at radius 3 is 2.87 bits per heavy atom. The predicted molar refractivity (Wildman–Crippen MR) is 49.3 cm³/mol. The van der Waals surface area contributed by atoms with Gasteiger partial charge in [-0.05, 0) is 19.4 Å². The molecule has 0 aromatic carbocycles. The van der Waals surface area contributed by atoms with Crippen molar-refractivity contribution in [3.05, 3.63) is 29.6 Å². The number of ether oxygens (including phenoxy) is 1. The SMILES string of the molecule is CCC(C)OC(=O)c1ccnc(F)c1F. The second-order valence-electron chi connectivity index (χ2n) is 3.09. The van der Waals surface area contributed by atoms with E-state index in [4.69, 9.17) is 4.74 Å². The number of pyridine rings is 1. The summed E-state index contributed by atoms with van der Waals surface area (Å²) in [4.78, 5) is 14.4. The lowest BCUT2D eigenvalue weighted by atomic mass is 10.2. The van der Waals surface area contributed by atoms with Crippen molar-refractivity contribution in [2.45, 2.75) is 26.4 Å². The third-order valence-corrected chi connectivity index (χ3v) is 1.95. The maximum Gasteiger partial charge on any atom is 0.341 e. The van der Waals surface area contributed by atoms with E-state index >= 15 is 0 Å². The minimum atomic E-state index is -1.30. The molecule has 15 heavy (non-hydrogen) atoms. The van der Waals surface area contributed by atoms with Crippen molar-refractivity contribution in [2.24, 2.45) is 0 Å². The van der Waals surface area contributed by atoms with Crippen molar-refractivity contribution in [1.82, 2.24) is 4.98 Å². The number of rotatable bonds is 3. The lowest BCUT2D eigenvalue weighted by Crippen LogP contribution is -2.16. The molecule has 0 amide bonds. The molecule has 0 fully saturated rings. The minimum Gasteiger partial charge on any atom is -0.459 e. The number of halogens is 2. The van der Waals surface area contributed by atoms with E-state index in [2.05, 4.69) is 4.98 Å². The zero-order valence-electron chi connectivity index (χ0n) is 8.46. The Hall–Kier alpha value is -1.52. The van der Waals surface area contributed by atoms with Crippen LogP contribution in [0.2, 0.25) is 0 Å². The molecule has 0 radical (unpaired) electrons. The van der Waals surface area contributed by atoms with Crippen LogP contribution in [0.25, 0.3) is 0 Å². The Morgan fingerprint density at radius 2 is 2.27 bits per heavy atom. The second kappa shape index (κ2) is 4.82. The Labute approximate surface area is 86.1 Å². The molecule has 0 aliphatic heterocycles. The number of hydrogen-bond donors (Lipinski definition) is 0. The van der Waals surface area contributed by atoms with Crippen LogP contribution in [0.3, 0.4) is 0 Å². The summed E-state index contributed by atoms with van der Waals surface area (Å²) in [5.41, 5.74) is -0.428. The molecule has 1 aromatic rings. The van der Waals surface area contributed by atoms with Gasteiger partial charge >= 0.3 is 5.97 Å². The fraction of sp³-hybridized carbons (Fsp3) is 0.400. The van der Waals surface area contributed by atoms with Gasteiger partial charge in [0.1, 0.15) is 5.56 Å². The summed E-state index contributed by atoms with van der Waals surface area (Å²) in [6.45, 7) is 3.49. The summed E-state index contributed by atoms with van der Waals surface area (Å²) >= 11 is 0. The summed E-state index contributed by atoms with van der Waals surface area (Å²) in [5.74, 6) is -3.44. The van der Waals surface area contributed by atoms with Gasteiger partial charge in [-0.15, -0.1) is 0 Å². The van der Waals surface area contributed by atoms with Crippen molar-refractivity contribution in [3.8, 4) is 0 Å². The van der Waals surface area contributed by atoms with Crippen LogP contribution < -0.4 is 0 Å². The summed E-state index contributed by atoms with van der Waals surface area (Å²) in [6.07, 6.45) is 1.31. The minimum absolute atomic E-state index is 0.326. The molecule has 0 aliphatic carbocycles. The number of nitrogens with zero attached hydrogens (tertiary/aromatic N) is 1. The molecule has 5 heteroatoms. The standard InChI is InChI=1S/C10H11F2NO2/c1-3-6(2)15-10(14)7-4-5-13-9(12)8(7)11/h4-6H,3H2,1-2H3. The monoisotopic (exact) mass is 215 g/mol. The molecule has 82 valence electrons. The number of carbonyl (C=O) groups excluding carboxylic acids is 1. The highest BCUT2D eigenvalue weighted by atomic mass is 19.2. The van der Waals surface area contributed by atoms with Gasteiger partial charge in [-0.25, -0.2) is 14.2 Å². The normalized spacial score (nSPS) is 12.3. The highest BCUT2D eigenvalue weighted by Crippen LogP contribution is 2.11.